The van der Waals surface area contributed by atoms with Crippen LogP contribution in [-0.2, 0) is 17.1 Å². The number of benzene rings is 1. The third kappa shape index (κ3) is 4.16. The second-order valence-electron chi connectivity index (χ2n) is 8.00. The molecule has 0 spiro atoms. The molecule has 1 aliphatic rings. The average molecular weight is 438 g/mol. The Hall–Kier alpha value is -1.99. The molecule has 0 unspecified atom stereocenters. The zero-order valence-corrected chi connectivity index (χ0v) is 19.1. The molecule has 1 amide bonds. The van der Waals surface area contributed by atoms with Crippen LogP contribution in [0, 0.1) is 26.7 Å². The summed E-state index contributed by atoms with van der Waals surface area (Å²) >= 11 is 6.23. The molecular formula is C21H28ClN3O3S. The summed E-state index contributed by atoms with van der Waals surface area (Å²) in [6.45, 7) is 8.84. The van der Waals surface area contributed by atoms with E-state index in [1.807, 2.05) is 6.92 Å². The summed E-state index contributed by atoms with van der Waals surface area (Å²) in [5.74, 6) is 0.347. The van der Waals surface area contributed by atoms with Gasteiger partial charge in [-0.15, -0.1) is 0 Å². The van der Waals surface area contributed by atoms with Crippen molar-refractivity contribution in [2.75, 3.05) is 17.8 Å². The first-order chi connectivity index (χ1) is 13.5. The van der Waals surface area contributed by atoms with Crippen molar-refractivity contribution >= 4 is 33.2 Å². The van der Waals surface area contributed by atoms with Crippen LogP contribution in [0.2, 0.25) is 5.02 Å². The Morgan fingerprint density at radius 1 is 1.14 bits per heavy atom. The highest BCUT2D eigenvalue weighted by atomic mass is 35.5. The quantitative estimate of drug-likeness (QED) is 0.776. The standard InChI is InChI=1S/C21H28ClN3O3S/c1-13-8-10-25(11-9-13)21(26)19-15(3)24(5)16(4)20(19)29(27,28)23-18-7-6-14(2)12-17(18)22/h6-7,12-13,23H,8-11H2,1-5H3. The second kappa shape index (κ2) is 8.03. The summed E-state index contributed by atoms with van der Waals surface area (Å²) in [5.41, 5.74) is 2.63. The SMILES string of the molecule is Cc1ccc(NS(=O)(=O)c2c(C(=O)N3CCC(C)CC3)c(C)n(C)c2C)c(Cl)c1. The zero-order valence-electron chi connectivity index (χ0n) is 17.5. The van der Waals surface area contributed by atoms with Gasteiger partial charge < -0.3 is 9.47 Å². The van der Waals surface area contributed by atoms with Crippen LogP contribution in [0.1, 0.15) is 47.1 Å². The van der Waals surface area contributed by atoms with Crippen molar-refractivity contribution in [3.63, 3.8) is 0 Å². The van der Waals surface area contributed by atoms with Gasteiger partial charge in [-0.2, -0.15) is 0 Å². The van der Waals surface area contributed by atoms with Crippen molar-refractivity contribution in [1.29, 1.82) is 0 Å². The molecular weight excluding hydrogens is 410 g/mol. The second-order valence-corrected chi connectivity index (χ2v) is 10.0. The summed E-state index contributed by atoms with van der Waals surface area (Å²) in [6.07, 6.45) is 1.85. The van der Waals surface area contributed by atoms with Gasteiger partial charge in [-0.3, -0.25) is 9.52 Å². The molecule has 0 radical (unpaired) electrons. The van der Waals surface area contributed by atoms with Crippen LogP contribution >= 0.6 is 11.6 Å². The summed E-state index contributed by atoms with van der Waals surface area (Å²) in [7, 11) is -2.23. The van der Waals surface area contributed by atoms with E-state index in [2.05, 4.69) is 11.6 Å². The van der Waals surface area contributed by atoms with Crippen LogP contribution in [0.4, 0.5) is 5.69 Å². The van der Waals surface area contributed by atoms with Gasteiger partial charge in [0, 0.05) is 31.5 Å². The lowest BCUT2D eigenvalue weighted by Crippen LogP contribution is -2.38. The molecule has 6 nitrogen and oxygen atoms in total. The van der Waals surface area contributed by atoms with Gasteiger partial charge in [-0.1, -0.05) is 24.6 Å². The molecule has 1 N–H and O–H groups in total. The number of carbonyl (C=O) groups is 1. The van der Waals surface area contributed by atoms with E-state index in [0.717, 1.165) is 18.4 Å². The number of hydrogen-bond donors (Lipinski definition) is 1. The number of nitrogens with one attached hydrogen (secondary N) is 1. The van der Waals surface area contributed by atoms with Crippen molar-refractivity contribution in [2.24, 2.45) is 13.0 Å². The molecule has 0 atom stereocenters. The first-order valence-corrected chi connectivity index (χ1v) is 11.6. The minimum atomic E-state index is -4.01. The third-order valence-corrected chi connectivity index (χ3v) is 7.68. The lowest BCUT2D eigenvalue weighted by molar-refractivity contribution is 0.0692. The van der Waals surface area contributed by atoms with Crippen LogP contribution in [0.15, 0.2) is 23.1 Å². The lowest BCUT2D eigenvalue weighted by Gasteiger charge is -2.30. The van der Waals surface area contributed by atoms with Crippen molar-refractivity contribution in [3.05, 3.63) is 45.7 Å². The highest BCUT2D eigenvalue weighted by molar-refractivity contribution is 7.92. The Kier molecular flexibility index (Phi) is 6.01. The van der Waals surface area contributed by atoms with E-state index in [-0.39, 0.29) is 16.4 Å². The van der Waals surface area contributed by atoms with E-state index in [4.69, 9.17) is 11.6 Å². The Morgan fingerprint density at radius 2 is 1.76 bits per heavy atom. The number of halogens is 1. The first kappa shape index (κ1) is 21.7. The van der Waals surface area contributed by atoms with Crippen LogP contribution < -0.4 is 4.72 Å². The Balaban J connectivity index is 2.04. The minimum absolute atomic E-state index is 0.0257. The molecule has 158 valence electrons. The number of aromatic nitrogens is 1. The summed E-state index contributed by atoms with van der Waals surface area (Å²) < 4.78 is 31.0. The molecule has 29 heavy (non-hydrogen) atoms. The molecule has 0 saturated carbocycles. The number of anilines is 1. The fourth-order valence-electron chi connectivity index (χ4n) is 3.77. The van der Waals surface area contributed by atoms with Crippen molar-refractivity contribution in [1.82, 2.24) is 9.47 Å². The molecule has 1 aromatic heterocycles. The van der Waals surface area contributed by atoms with Gasteiger partial charge in [0.1, 0.15) is 4.90 Å². The molecule has 0 aliphatic carbocycles. The Morgan fingerprint density at radius 3 is 2.34 bits per heavy atom. The van der Waals surface area contributed by atoms with Gasteiger partial charge in [-0.05, 0) is 57.2 Å². The summed E-state index contributed by atoms with van der Waals surface area (Å²) in [4.78, 5) is 15.1. The molecule has 0 bridgehead atoms. The van der Waals surface area contributed by atoms with E-state index >= 15 is 0 Å². The van der Waals surface area contributed by atoms with E-state index in [9.17, 15) is 13.2 Å². The molecule has 2 heterocycles. The topological polar surface area (TPSA) is 71.4 Å². The van der Waals surface area contributed by atoms with Crippen LogP contribution in [0.5, 0.6) is 0 Å². The third-order valence-electron chi connectivity index (χ3n) is 5.85. The lowest BCUT2D eigenvalue weighted by atomic mass is 9.98. The van der Waals surface area contributed by atoms with Crippen molar-refractivity contribution < 1.29 is 13.2 Å². The van der Waals surface area contributed by atoms with Crippen LogP contribution in [0.3, 0.4) is 0 Å². The highest BCUT2D eigenvalue weighted by Gasteiger charge is 2.34. The normalized spacial score (nSPS) is 15.6. The molecule has 2 aromatic rings. The molecule has 8 heteroatoms. The molecule has 1 aliphatic heterocycles. The average Bonchev–Trinajstić information content (AvgIpc) is 2.89. The maximum absolute atomic E-state index is 13.3. The zero-order chi connectivity index (χ0) is 21.5. The van der Waals surface area contributed by atoms with E-state index in [0.29, 0.717) is 41.1 Å². The fraction of sp³-hybridized carbons (Fsp3) is 0.476. The molecule has 1 aromatic carbocycles. The van der Waals surface area contributed by atoms with Crippen molar-refractivity contribution in [2.45, 2.75) is 45.4 Å². The van der Waals surface area contributed by atoms with Gasteiger partial charge in [0.2, 0.25) is 0 Å². The highest BCUT2D eigenvalue weighted by Crippen LogP contribution is 2.32. The monoisotopic (exact) mass is 437 g/mol. The maximum atomic E-state index is 13.3. The fourth-order valence-corrected chi connectivity index (χ4v) is 5.70. The summed E-state index contributed by atoms with van der Waals surface area (Å²) in [5, 5.41) is 0.316. The molecule has 3 rings (SSSR count). The largest absolute Gasteiger partial charge is 0.350 e. The number of amides is 1. The number of hydrogen-bond acceptors (Lipinski definition) is 3. The number of aryl methyl sites for hydroxylation is 1. The van der Waals surface area contributed by atoms with Crippen molar-refractivity contribution in [3.8, 4) is 0 Å². The van der Waals surface area contributed by atoms with Gasteiger partial charge in [0.05, 0.1) is 16.3 Å². The molecule has 1 saturated heterocycles. The van der Waals surface area contributed by atoms with E-state index in [1.54, 1.807) is 48.6 Å². The Labute approximate surface area is 177 Å². The predicted octanol–water partition coefficient (Wildman–Crippen LogP) is 4.28. The molecule has 1 fully saturated rings. The van der Waals surface area contributed by atoms with Gasteiger partial charge in [0.25, 0.3) is 15.9 Å². The number of nitrogens with zero attached hydrogens (tertiary/aromatic N) is 2. The number of sulfonamides is 1. The number of carbonyl (C=O) groups excluding carboxylic acids is 1. The number of likely N-dealkylation sites (tertiary alicyclic amines) is 1. The van der Waals surface area contributed by atoms with Crippen LogP contribution in [-0.4, -0.2) is 36.9 Å². The van der Waals surface area contributed by atoms with Crippen LogP contribution in [0.25, 0.3) is 0 Å². The predicted molar refractivity (Wildman–Crippen MR) is 116 cm³/mol. The van der Waals surface area contributed by atoms with Gasteiger partial charge >= 0.3 is 0 Å². The van der Waals surface area contributed by atoms with E-state index in [1.165, 1.54) is 0 Å². The number of rotatable bonds is 4. The maximum Gasteiger partial charge on any atom is 0.264 e. The van der Waals surface area contributed by atoms with Gasteiger partial charge in [-0.25, -0.2) is 8.42 Å². The Bertz CT molecular complexity index is 1050. The number of piperidine rings is 1. The minimum Gasteiger partial charge on any atom is -0.350 e. The van der Waals surface area contributed by atoms with E-state index < -0.39 is 10.0 Å². The smallest absolute Gasteiger partial charge is 0.264 e. The van der Waals surface area contributed by atoms with Gasteiger partial charge in [0.15, 0.2) is 0 Å². The summed E-state index contributed by atoms with van der Waals surface area (Å²) in [6, 6.07) is 5.12. The first-order valence-electron chi connectivity index (χ1n) is 9.77.